The Morgan fingerprint density at radius 2 is 1.90 bits per heavy atom. The zero-order chi connectivity index (χ0) is 14.5. The van der Waals surface area contributed by atoms with E-state index in [1.807, 2.05) is 12.1 Å². The van der Waals surface area contributed by atoms with Gasteiger partial charge in [-0.25, -0.2) is 0 Å². The third-order valence-corrected chi connectivity index (χ3v) is 3.09. The number of rotatable bonds is 4. The van der Waals surface area contributed by atoms with Crippen LogP contribution in [0.25, 0.3) is 0 Å². The lowest BCUT2D eigenvalue weighted by molar-refractivity contribution is 0.102. The van der Waals surface area contributed by atoms with Gasteiger partial charge in [-0.05, 0) is 30.3 Å². The second-order valence-electron chi connectivity index (χ2n) is 4.09. The number of ether oxygens (including phenoxy) is 1. The van der Waals surface area contributed by atoms with Crippen LogP contribution in [0.2, 0.25) is 5.02 Å². The van der Waals surface area contributed by atoms with Crippen molar-refractivity contribution in [3.8, 4) is 5.75 Å². The number of para-hydroxylation sites is 2. The molecule has 0 saturated heterocycles. The van der Waals surface area contributed by atoms with Crippen LogP contribution in [0, 0.1) is 0 Å². The normalized spacial score (nSPS) is 9.95. The Kier molecular flexibility index (Phi) is 4.48. The largest absolute Gasteiger partial charge is 0.495 e. The predicted molar refractivity (Wildman–Crippen MR) is 81.9 cm³/mol. The first kappa shape index (κ1) is 14.2. The second kappa shape index (κ2) is 6.30. The number of benzene rings is 2. The molecule has 0 atom stereocenters. The summed E-state index contributed by atoms with van der Waals surface area (Å²) in [5.41, 5.74) is 1.80. The average Bonchev–Trinajstić information content (AvgIpc) is 2.47. The number of amides is 1. The summed E-state index contributed by atoms with van der Waals surface area (Å²) in [6.07, 6.45) is 0. The van der Waals surface area contributed by atoms with E-state index in [1.54, 1.807) is 44.5 Å². The zero-order valence-corrected chi connectivity index (χ0v) is 12.0. The van der Waals surface area contributed by atoms with Crippen molar-refractivity contribution in [2.45, 2.75) is 0 Å². The van der Waals surface area contributed by atoms with Gasteiger partial charge in [0.15, 0.2) is 0 Å². The van der Waals surface area contributed by atoms with Crippen LogP contribution in [0.4, 0.5) is 11.4 Å². The van der Waals surface area contributed by atoms with Crippen LogP contribution in [-0.2, 0) is 0 Å². The van der Waals surface area contributed by atoms with Gasteiger partial charge in [0.25, 0.3) is 5.91 Å². The van der Waals surface area contributed by atoms with Crippen molar-refractivity contribution in [2.75, 3.05) is 24.8 Å². The second-order valence-corrected chi connectivity index (χ2v) is 4.53. The monoisotopic (exact) mass is 290 g/mol. The summed E-state index contributed by atoms with van der Waals surface area (Å²) in [4.78, 5) is 12.3. The standard InChI is InChI=1S/C15H15ClN2O2/c1-17-12-8-7-10(16)9-11(12)15(19)18-13-5-3-4-6-14(13)20-2/h3-9,17H,1-2H3,(H,18,19). The third-order valence-electron chi connectivity index (χ3n) is 2.85. The molecule has 0 unspecified atom stereocenters. The van der Waals surface area contributed by atoms with Crippen molar-refractivity contribution in [3.05, 3.63) is 53.1 Å². The average molecular weight is 291 g/mol. The zero-order valence-electron chi connectivity index (χ0n) is 11.2. The number of anilines is 2. The number of carbonyl (C=O) groups excluding carboxylic acids is 1. The minimum atomic E-state index is -0.249. The Hall–Kier alpha value is -2.20. The molecule has 0 aliphatic heterocycles. The molecule has 2 N–H and O–H groups in total. The highest BCUT2D eigenvalue weighted by molar-refractivity contribution is 6.31. The Morgan fingerprint density at radius 1 is 1.15 bits per heavy atom. The minimum Gasteiger partial charge on any atom is -0.495 e. The number of nitrogens with one attached hydrogen (secondary N) is 2. The molecule has 0 aromatic heterocycles. The van der Waals surface area contributed by atoms with Gasteiger partial charge in [0.05, 0.1) is 18.4 Å². The molecule has 4 nitrogen and oxygen atoms in total. The molecule has 5 heteroatoms. The fraction of sp³-hybridized carbons (Fsp3) is 0.133. The van der Waals surface area contributed by atoms with Gasteiger partial charge >= 0.3 is 0 Å². The lowest BCUT2D eigenvalue weighted by Gasteiger charge is -2.12. The highest BCUT2D eigenvalue weighted by Gasteiger charge is 2.13. The molecule has 1 amide bonds. The molecule has 2 aromatic rings. The molecular formula is C15H15ClN2O2. The van der Waals surface area contributed by atoms with Crippen molar-refractivity contribution in [3.63, 3.8) is 0 Å². The maximum Gasteiger partial charge on any atom is 0.257 e. The van der Waals surface area contributed by atoms with E-state index in [0.717, 1.165) is 0 Å². The van der Waals surface area contributed by atoms with Crippen molar-refractivity contribution in [1.82, 2.24) is 0 Å². The maximum atomic E-state index is 12.3. The molecule has 20 heavy (non-hydrogen) atoms. The smallest absolute Gasteiger partial charge is 0.257 e. The highest BCUT2D eigenvalue weighted by atomic mass is 35.5. The molecule has 2 rings (SSSR count). The molecular weight excluding hydrogens is 276 g/mol. The van der Waals surface area contributed by atoms with Gasteiger partial charge in [-0.1, -0.05) is 23.7 Å². The van der Waals surface area contributed by atoms with Crippen molar-refractivity contribution < 1.29 is 9.53 Å². The number of carbonyl (C=O) groups is 1. The first-order valence-corrected chi connectivity index (χ1v) is 6.45. The van der Waals surface area contributed by atoms with E-state index < -0.39 is 0 Å². The van der Waals surface area contributed by atoms with Gasteiger partial charge in [-0.3, -0.25) is 4.79 Å². The van der Waals surface area contributed by atoms with E-state index in [9.17, 15) is 4.79 Å². The van der Waals surface area contributed by atoms with E-state index in [0.29, 0.717) is 27.7 Å². The molecule has 0 heterocycles. The summed E-state index contributed by atoms with van der Waals surface area (Å²) in [5, 5.41) is 6.29. The van der Waals surface area contributed by atoms with E-state index in [1.165, 1.54) is 0 Å². The van der Waals surface area contributed by atoms with Crippen LogP contribution in [-0.4, -0.2) is 20.1 Å². The first-order valence-electron chi connectivity index (χ1n) is 6.07. The van der Waals surface area contributed by atoms with Gasteiger partial charge in [0, 0.05) is 17.8 Å². The molecule has 0 spiro atoms. The van der Waals surface area contributed by atoms with Crippen LogP contribution < -0.4 is 15.4 Å². The van der Waals surface area contributed by atoms with Crippen LogP contribution in [0.1, 0.15) is 10.4 Å². The number of hydrogen-bond donors (Lipinski definition) is 2. The van der Waals surface area contributed by atoms with Crippen LogP contribution in [0.5, 0.6) is 5.75 Å². The molecule has 0 radical (unpaired) electrons. The lowest BCUT2D eigenvalue weighted by Crippen LogP contribution is -2.14. The molecule has 104 valence electrons. The summed E-state index contributed by atoms with van der Waals surface area (Å²) < 4.78 is 5.21. The van der Waals surface area contributed by atoms with Crippen LogP contribution >= 0.6 is 11.6 Å². The molecule has 2 aromatic carbocycles. The van der Waals surface area contributed by atoms with E-state index in [2.05, 4.69) is 10.6 Å². The van der Waals surface area contributed by atoms with Crippen LogP contribution in [0.15, 0.2) is 42.5 Å². The molecule has 0 aliphatic rings. The predicted octanol–water partition coefficient (Wildman–Crippen LogP) is 3.64. The first-order chi connectivity index (χ1) is 9.65. The molecule has 0 saturated carbocycles. The third kappa shape index (κ3) is 3.03. The van der Waals surface area contributed by atoms with Gasteiger partial charge in [0.2, 0.25) is 0 Å². The maximum absolute atomic E-state index is 12.3. The lowest BCUT2D eigenvalue weighted by atomic mass is 10.1. The number of halogens is 1. The van der Waals surface area contributed by atoms with Gasteiger partial charge in [-0.2, -0.15) is 0 Å². The quantitative estimate of drug-likeness (QED) is 0.904. The summed E-state index contributed by atoms with van der Waals surface area (Å²) >= 11 is 5.95. The fourth-order valence-electron chi connectivity index (χ4n) is 1.86. The van der Waals surface area contributed by atoms with Gasteiger partial charge in [-0.15, -0.1) is 0 Å². The number of hydrogen-bond acceptors (Lipinski definition) is 3. The van der Waals surface area contributed by atoms with Crippen LogP contribution in [0.3, 0.4) is 0 Å². The van der Waals surface area contributed by atoms with Gasteiger partial charge in [0.1, 0.15) is 5.75 Å². The summed E-state index contributed by atoms with van der Waals surface area (Å²) in [6, 6.07) is 12.3. The van der Waals surface area contributed by atoms with Crippen molar-refractivity contribution in [2.24, 2.45) is 0 Å². The SMILES string of the molecule is CNc1ccc(Cl)cc1C(=O)Nc1ccccc1OC. The summed E-state index contributed by atoms with van der Waals surface area (Å²) in [6.45, 7) is 0. The Bertz CT molecular complexity index is 629. The molecule has 0 bridgehead atoms. The molecule has 0 fully saturated rings. The topological polar surface area (TPSA) is 50.4 Å². The number of methoxy groups -OCH3 is 1. The van der Waals surface area contributed by atoms with Gasteiger partial charge < -0.3 is 15.4 Å². The Labute approximate surface area is 122 Å². The van der Waals surface area contributed by atoms with E-state index in [4.69, 9.17) is 16.3 Å². The Balaban J connectivity index is 2.30. The highest BCUT2D eigenvalue weighted by Crippen LogP contribution is 2.26. The minimum absolute atomic E-state index is 0.249. The van der Waals surface area contributed by atoms with Crippen molar-refractivity contribution in [1.29, 1.82) is 0 Å². The summed E-state index contributed by atoms with van der Waals surface area (Å²) in [7, 11) is 3.31. The van der Waals surface area contributed by atoms with Crippen molar-refractivity contribution >= 4 is 28.9 Å². The molecule has 0 aliphatic carbocycles. The van der Waals surface area contributed by atoms with E-state index in [-0.39, 0.29) is 5.91 Å². The fourth-order valence-corrected chi connectivity index (χ4v) is 2.03. The van der Waals surface area contributed by atoms with E-state index >= 15 is 0 Å². The Morgan fingerprint density at radius 3 is 2.60 bits per heavy atom. The summed E-state index contributed by atoms with van der Waals surface area (Å²) in [5.74, 6) is 0.357.